The highest BCUT2D eigenvalue weighted by molar-refractivity contribution is 7.92. The minimum Gasteiger partial charge on any atom is -0.478 e. The van der Waals surface area contributed by atoms with Crippen LogP contribution in [0.2, 0.25) is 5.02 Å². The number of halogens is 1. The number of sulfonamides is 1. The predicted octanol–water partition coefficient (Wildman–Crippen LogP) is 2.90. The normalized spacial score (nSPS) is 17.2. The third-order valence-corrected chi connectivity index (χ3v) is 5.23. The van der Waals surface area contributed by atoms with Gasteiger partial charge in [-0.1, -0.05) is 23.7 Å². The molecular formula is C17H17ClN2O4S. The van der Waals surface area contributed by atoms with Crippen LogP contribution in [0.25, 0.3) is 0 Å². The highest BCUT2D eigenvalue weighted by Gasteiger charge is 2.31. The van der Waals surface area contributed by atoms with Gasteiger partial charge >= 0.3 is 0 Å². The zero-order chi connectivity index (χ0) is 18.0. The number of hydrogen-bond acceptors (Lipinski definition) is 4. The molecule has 1 unspecified atom stereocenters. The Hall–Kier alpha value is -2.25. The molecule has 1 aliphatic heterocycles. The van der Waals surface area contributed by atoms with Crippen molar-refractivity contribution in [2.24, 2.45) is 0 Å². The first-order chi connectivity index (χ1) is 11.8. The van der Waals surface area contributed by atoms with Gasteiger partial charge in [0.2, 0.25) is 10.0 Å². The van der Waals surface area contributed by atoms with Crippen LogP contribution in [0, 0.1) is 0 Å². The number of nitrogens with zero attached hydrogens (tertiary/aromatic N) is 1. The summed E-state index contributed by atoms with van der Waals surface area (Å²) in [6.45, 7) is 0.161. The number of amides is 1. The minimum absolute atomic E-state index is 0.161. The van der Waals surface area contributed by atoms with Gasteiger partial charge in [0.05, 0.1) is 11.9 Å². The third kappa shape index (κ3) is 4.05. The van der Waals surface area contributed by atoms with Crippen molar-refractivity contribution in [2.45, 2.75) is 12.5 Å². The van der Waals surface area contributed by atoms with Gasteiger partial charge in [0.25, 0.3) is 5.91 Å². The predicted molar refractivity (Wildman–Crippen MR) is 97.7 cm³/mol. The molecule has 2 aromatic rings. The van der Waals surface area contributed by atoms with Crippen molar-refractivity contribution < 1.29 is 17.9 Å². The molecule has 0 saturated carbocycles. The Labute approximate surface area is 151 Å². The van der Waals surface area contributed by atoms with E-state index in [0.29, 0.717) is 22.1 Å². The van der Waals surface area contributed by atoms with Crippen LogP contribution in [0.3, 0.4) is 0 Å². The van der Waals surface area contributed by atoms with Gasteiger partial charge < -0.3 is 10.1 Å². The van der Waals surface area contributed by atoms with E-state index in [2.05, 4.69) is 5.32 Å². The molecule has 25 heavy (non-hydrogen) atoms. The largest absolute Gasteiger partial charge is 0.478 e. The van der Waals surface area contributed by atoms with Gasteiger partial charge in [0.1, 0.15) is 5.75 Å². The molecule has 3 rings (SSSR count). The van der Waals surface area contributed by atoms with Gasteiger partial charge in [-0.05, 0) is 36.4 Å². The number of ether oxygens (including phenoxy) is 1. The highest BCUT2D eigenvalue weighted by Crippen LogP contribution is 2.34. The summed E-state index contributed by atoms with van der Waals surface area (Å²) >= 11 is 5.83. The molecule has 0 fully saturated rings. The average Bonchev–Trinajstić information content (AvgIpc) is 2.76. The Balaban J connectivity index is 1.83. The number of carbonyl (C=O) groups excluding carboxylic acids is 1. The average molecular weight is 381 g/mol. The van der Waals surface area contributed by atoms with Crippen LogP contribution in [-0.2, 0) is 14.8 Å². The lowest BCUT2D eigenvalue weighted by atomic mass is 10.2. The molecule has 0 spiro atoms. The summed E-state index contributed by atoms with van der Waals surface area (Å²) < 4.78 is 31.2. The maximum Gasteiger partial charge on any atom is 0.265 e. The van der Waals surface area contributed by atoms with Gasteiger partial charge in [0.15, 0.2) is 6.10 Å². The van der Waals surface area contributed by atoms with E-state index in [0.717, 1.165) is 6.26 Å². The second-order valence-electron chi connectivity index (χ2n) is 5.69. The number of fused-ring (bicyclic) bond motifs is 1. The molecule has 1 heterocycles. The smallest absolute Gasteiger partial charge is 0.265 e. The van der Waals surface area contributed by atoms with Crippen molar-refractivity contribution in [1.82, 2.24) is 0 Å². The van der Waals surface area contributed by atoms with Gasteiger partial charge in [0, 0.05) is 23.7 Å². The van der Waals surface area contributed by atoms with Crippen molar-refractivity contribution in [3.05, 3.63) is 53.6 Å². The summed E-state index contributed by atoms with van der Waals surface area (Å²) in [6, 6.07) is 13.5. The van der Waals surface area contributed by atoms with Crippen molar-refractivity contribution in [3.63, 3.8) is 0 Å². The van der Waals surface area contributed by atoms with Gasteiger partial charge in [-0.2, -0.15) is 0 Å². The monoisotopic (exact) mass is 380 g/mol. The first-order valence-corrected chi connectivity index (χ1v) is 9.87. The summed E-state index contributed by atoms with van der Waals surface area (Å²) in [4.78, 5) is 12.5. The highest BCUT2D eigenvalue weighted by atomic mass is 35.5. The standard InChI is InChI=1S/C17H17ClN2O4S/c1-25(22,23)20-11-10-16(24-15-5-3-2-4-14(15)20)17(21)19-13-8-6-12(18)7-9-13/h2-9,16H,10-11H2,1H3,(H,19,21). The molecule has 132 valence electrons. The molecule has 8 heteroatoms. The van der Waals surface area contributed by atoms with E-state index in [1.807, 2.05) is 0 Å². The Morgan fingerprint density at radius 3 is 2.56 bits per heavy atom. The third-order valence-electron chi connectivity index (χ3n) is 3.80. The Morgan fingerprint density at radius 1 is 1.20 bits per heavy atom. The van der Waals surface area contributed by atoms with Crippen LogP contribution in [0.1, 0.15) is 6.42 Å². The maximum absolute atomic E-state index is 12.5. The SMILES string of the molecule is CS(=O)(=O)N1CCC(C(=O)Nc2ccc(Cl)cc2)Oc2ccccc21. The molecule has 0 bridgehead atoms. The van der Waals surface area contributed by atoms with Gasteiger partial charge in [-0.3, -0.25) is 9.10 Å². The first kappa shape index (κ1) is 17.6. The lowest BCUT2D eigenvalue weighted by Crippen LogP contribution is -2.35. The Morgan fingerprint density at radius 2 is 1.88 bits per heavy atom. The molecule has 0 aliphatic carbocycles. The Bertz CT molecular complexity index is 884. The van der Waals surface area contributed by atoms with E-state index in [4.69, 9.17) is 16.3 Å². The van der Waals surface area contributed by atoms with E-state index < -0.39 is 16.1 Å². The summed E-state index contributed by atoms with van der Waals surface area (Å²) in [6.07, 6.45) is 0.572. The van der Waals surface area contributed by atoms with Crippen LogP contribution in [-0.4, -0.2) is 33.2 Å². The number of carbonyl (C=O) groups is 1. The topological polar surface area (TPSA) is 75.7 Å². The van der Waals surface area contributed by atoms with E-state index >= 15 is 0 Å². The fourth-order valence-corrected chi connectivity index (χ4v) is 3.69. The van der Waals surface area contributed by atoms with E-state index in [1.54, 1.807) is 48.5 Å². The quantitative estimate of drug-likeness (QED) is 0.888. The molecule has 1 aliphatic rings. The van der Waals surface area contributed by atoms with E-state index in [9.17, 15) is 13.2 Å². The van der Waals surface area contributed by atoms with Crippen LogP contribution < -0.4 is 14.4 Å². The molecular weight excluding hydrogens is 364 g/mol. The van der Waals surface area contributed by atoms with Gasteiger partial charge in [-0.25, -0.2) is 8.42 Å². The van der Waals surface area contributed by atoms with Crippen LogP contribution in [0.4, 0.5) is 11.4 Å². The molecule has 0 aromatic heterocycles. The summed E-state index contributed by atoms with van der Waals surface area (Å²) in [5, 5.41) is 3.33. The molecule has 1 N–H and O–H groups in total. The van der Waals surface area contributed by atoms with Crippen molar-refractivity contribution in [3.8, 4) is 5.75 Å². The molecule has 6 nitrogen and oxygen atoms in total. The zero-order valence-electron chi connectivity index (χ0n) is 13.5. The number of nitrogens with one attached hydrogen (secondary N) is 1. The number of benzene rings is 2. The number of para-hydroxylation sites is 2. The van der Waals surface area contributed by atoms with Gasteiger partial charge in [-0.15, -0.1) is 0 Å². The lowest BCUT2D eigenvalue weighted by Gasteiger charge is -2.20. The number of rotatable bonds is 3. The minimum atomic E-state index is -3.47. The van der Waals surface area contributed by atoms with Crippen molar-refractivity contribution in [1.29, 1.82) is 0 Å². The fourth-order valence-electron chi connectivity index (χ4n) is 2.62. The van der Waals surface area contributed by atoms with Crippen molar-refractivity contribution >= 4 is 38.9 Å². The summed E-state index contributed by atoms with van der Waals surface area (Å²) in [5.41, 5.74) is 1.03. The maximum atomic E-state index is 12.5. The fraction of sp³-hybridized carbons (Fsp3) is 0.235. The Kier molecular flexibility index (Phi) is 4.87. The van der Waals surface area contributed by atoms with E-state index in [1.165, 1.54) is 4.31 Å². The lowest BCUT2D eigenvalue weighted by molar-refractivity contribution is -0.122. The molecule has 0 saturated heterocycles. The van der Waals surface area contributed by atoms with Crippen LogP contribution >= 0.6 is 11.6 Å². The first-order valence-electron chi connectivity index (χ1n) is 7.64. The number of hydrogen-bond donors (Lipinski definition) is 1. The second-order valence-corrected chi connectivity index (χ2v) is 8.04. The van der Waals surface area contributed by atoms with E-state index in [-0.39, 0.29) is 18.9 Å². The van der Waals surface area contributed by atoms with Crippen molar-refractivity contribution in [2.75, 3.05) is 22.4 Å². The molecule has 1 atom stereocenters. The van der Waals surface area contributed by atoms with Crippen LogP contribution in [0.15, 0.2) is 48.5 Å². The summed E-state index contributed by atoms with van der Waals surface area (Å²) in [5.74, 6) is 0.0224. The summed E-state index contributed by atoms with van der Waals surface area (Å²) in [7, 11) is -3.47. The second kappa shape index (κ2) is 6.93. The molecule has 1 amide bonds. The molecule has 2 aromatic carbocycles. The number of anilines is 2. The zero-order valence-corrected chi connectivity index (χ0v) is 15.0. The van der Waals surface area contributed by atoms with Crippen LogP contribution in [0.5, 0.6) is 5.75 Å². The molecule has 0 radical (unpaired) electrons.